The van der Waals surface area contributed by atoms with E-state index in [-0.39, 0.29) is 17.9 Å². The molecule has 33 heavy (non-hydrogen) atoms. The summed E-state index contributed by atoms with van der Waals surface area (Å²) in [7, 11) is 0. The van der Waals surface area contributed by atoms with Crippen molar-refractivity contribution in [1.82, 2.24) is 0 Å². The first kappa shape index (κ1) is 25.5. The molecule has 1 aliphatic carbocycles. The van der Waals surface area contributed by atoms with Gasteiger partial charge in [0.05, 0.1) is 0 Å². The van der Waals surface area contributed by atoms with Crippen molar-refractivity contribution in [3.05, 3.63) is 65.7 Å². The number of benzene rings is 2. The Morgan fingerprint density at radius 2 is 1.55 bits per heavy atom. The second-order valence-corrected chi connectivity index (χ2v) is 9.52. The number of rotatable bonds is 12. The fourth-order valence-electron chi connectivity index (χ4n) is 5.03. The van der Waals surface area contributed by atoms with E-state index in [1.165, 1.54) is 82.3 Å². The van der Waals surface area contributed by atoms with Gasteiger partial charge in [-0.3, -0.25) is 0 Å². The number of unbranched alkanes of at least 4 members (excludes halogenated alkanes) is 5. The molecular formula is C30H40F2O. The Labute approximate surface area is 199 Å². The van der Waals surface area contributed by atoms with Gasteiger partial charge in [0, 0.05) is 5.56 Å². The maximum Gasteiger partial charge on any atom is 0.201 e. The average molecular weight is 455 g/mol. The van der Waals surface area contributed by atoms with Gasteiger partial charge >= 0.3 is 0 Å². The quantitative estimate of drug-likeness (QED) is 0.229. The van der Waals surface area contributed by atoms with E-state index >= 15 is 0 Å². The molecule has 1 saturated carbocycles. The lowest BCUT2D eigenvalue weighted by atomic mass is 9.77. The van der Waals surface area contributed by atoms with Crippen LogP contribution in [0.15, 0.2) is 48.6 Å². The Morgan fingerprint density at radius 3 is 2.24 bits per heavy atom. The monoisotopic (exact) mass is 454 g/mol. The highest BCUT2D eigenvalue weighted by Crippen LogP contribution is 2.39. The Balaban J connectivity index is 1.51. The zero-order valence-electron chi connectivity index (χ0n) is 20.4. The molecule has 180 valence electrons. The van der Waals surface area contributed by atoms with Gasteiger partial charge in [-0.2, -0.15) is 4.39 Å². The first-order valence-corrected chi connectivity index (χ1v) is 13.0. The molecule has 3 heteroatoms. The van der Waals surface area contributed by atoms with Crippen LogP contribution in [-0.4, -0.2) is 6.61 Å². The van der Waals surface area contributed by atoms with E-state index in [0.717, 1.165) is 5.92 Å². The Morgan fingerprint density at radius 1 is 0.848 bits per heavy atom. The van der Waals surface area contributed by atoms with Crippen molar-refractivity contribution in [1.29, 1.82) is 0 Å². The van der Waals surface area contributed by atoms with Gasteiger partial charge in [-0.1, -0.05) is 88.3 Å². The molecule has 0 aliphatic heterocycles. The van der Waals surface area contributed by atoms with Gasteiger partial charge in [-0.25, -0.2) is 4.39 Å². The second kappa shape index (κ2) is 13.5. The third-order valence-corrected chi connectivity index (χ3v) is 7.12. The van der Waals surface area contributed by atoms with Gasteiger partial charge in [-0.05, 0) is 67.7 Å². The van der Waals surface area contributed by atoms with Crippen LogP contribution in [0.25, 0.3) is 11.1 Å². The molecule has 0 atom stereocenters. The van der Waals surface area contributed by atoms with Gasteiger partial charge in [0.2, 0.25) is 5.82 Å². The molecule has 1 fully saturated rings. The molecule has 0 unspecified atom stereocenters. The van der Waals surface area contributed by atoms with Crippen molar-refractivity contribution >= 4 is 0 Å². The van der Waals surface area contributed by atoms with Crippen LogP contribution in [0.5, 0.6) is 5.75 Å². The van der Waals surface area contributed by atoms with Gasteiger partial charge in [0.25, 0.3) is 0 Å². The third-order valence-electron chi connectivity index (χ3n) is 7.12. The predicted octanol–water partition coefficient (Wildman–Crippen LogP) is 9.61. The summed E-state index contributed by atoms with van der Waals surface area (Å²) < 4.78 is 34.4. The van der Waals surface area contributed by atoms with Gasteiger partial charge < -0.3 is 4.74 Å². The number of hydrogen-bond donors (Lipinski definition) is 0. The smallest absolute Gasteiger partial charge is 0.201 e. The van der Waals surface area contributed by atoms with Gasteiger partial charge in [0.15, 0.2) is 11.6 Å². The summed E-state index contributed by atoms with van der Waals surface area (Å²) in [5.74, 6) is -0.356. The maximum absolute atomic E-state index is 14.7. The summed E-state index contributed by atoms with van der Waals surface area (Å²) in [6, 6.07) is 11.2. The second-order valence-electron chi connectivity index (χ2n) is 9.52. The molecule has 2 aromatic rings. The molecule has 2 aromatic carbocycles. The summed E-state index contributed by atoms with van der Waals surface area (Å²) in [6.07, 6.45) is 18.3. The molecule has 0 radical (unpaired) electrons. The average Bonchev–Trinajstić information content (AvgIpc) is 2.85. The summed E-state index contributed by atoms with van der Waals surface area (Å²) in [4.78, 5) is 0. The van der Waals surface area contributed by atoms with Crippen molar-refractivity contribution in [3.8, 4) is 16.9 Å². The zero-order chi connectivity index (χ0) is 23.5. The molecular weight excluding hydrogens is 414 g/mol. The van der Waals surface area contributed by atoms with Crippen molar-refractivity contribution < 1.29 is 13.5 Å². The van der Waals surface area contributed by atoms with Crippen molar-refractivity contribution in [2.45, 2.75) is 90.4 Å². The summed E-state index contributed by atoms with van der Waals surface area (Å²) >= 11 is 0. The van der Waals surface area contributed by atoms with Crippen LogP contribution in [0.1, 0.15) is 96.0 Å². The molecule has 1 nitrogen and oxygen atoms in total. The van der Waals surface area contributed by atoms with E-state index in [9.17, 15) is 8.78 Å². The van der Waals surface area contributed by atoms with E-state index in [1.807, 2.05) is 25.1 Å². The lowest BCUT2D eigenvalue weighted by Gasteiger charge is -2.29. The number of ether oxygens (including phenoxy) is 1. The highest BCUT2D eigenvalue weighted by Gasteiger charge is 2.22. The first-order valence-electron chi connectivity index (χ1n) is 13.0. The molecule has 0 N–H and O–H groups in total. The molecule has 3 rings (SSSR count). The summed E-state index contributed by atoms with van der Waals surface area (Å²) in [5, 5.41) is 0. The highest BCUT2D eigenvalue weighted by atomic mass is 19.2. The van der Waals surface area contributed by atoms with Crippen LogP contribution < -0.4 is 4.74 Å². The zero-order valence-corrected chi connectivity index (χ0v) is 20.4. The Kier molecular flexibility index (Phi) is 10.4. The molecule has 0 spiro atoms. The van der Waals surface area contributed by atoms with E-state index in [2.05, 4.69) is 19.1 Å². The van der Waals surface area contributed by atoms with Gasteiger partial charge in [0.1, 0.15) is 6.61 Å². The fraction of sp³-hybridized carbons (Fsp3) is 0.533. The summed E-state index contributed by atoms with van der Waals surface area (Å²) in [5.41, 5.74) is 2.30. The number of allylic oxidation sites excluding steroid dienone is 1. The first-order chi connectivity index (χ1) is 16.1. The normalized spacial score (nSPS) is 18.7. The minimum atomic E-state index is -0.926. The van der Waals surface area contributed by atoms with Gasteiger partial charge in [-0.15, -0.1) is 0 Å². The Hall–Kier alpha value is -2.16. The van der Waals surface area contributed by atoms with Crippen LogP contribution in [0, 0.1) is 17.6 Å². The number of halogens is 2. The lowest BCUT2D eigenvalue weighted by Crippen LogP contribution is -2.13. The highest BCUT2D eigenvalue weighted by molar-refractivity contribution is 5.65. The van der Waals surface area contributed by atoms with Crippen molar-refractivity contribution in [2.24, 2.45) is 5.92 Å². The predicted molar refractivity (Wildman–Crippen MR) is 135 cm³/mol. The van der Waals surface area contributed by atoms with E-state index in [1.54, 1.807) is 12.1 Å². The third kappa shape index (κ3) is 7.42. The van der Waals surface area contributed by atoms with E-state index in [4.69, 9.17) is 4.74 Å². The van der Waals surface area contributed by atoms with Crippen molar-refractivity contribution in [2.75, 3.05) is 6.61 Å². The molecule has 1 aliphatic rings. The SMILES string of the molecule is C/C=C/COc1ccc(-c2ccc(C3CCC(CCCCCCCC)CC3)cc2)c(F)c1F. The largest absolute Gasteiger partial charge is 0.486 e. The van der Waals surface area contributed by atoms with Crippen LogP contribution >= 0.6 is 0 Å². The lowest BCUT2D eigenvalue weighted by molar-refractivity contribution is 0.302. The summed E-state index contributed by atoms with van der Waals surface area (Å²) in [6.45, 7) is 4.35. The topological polar surface area (TPSA) is 9.23 Å². The van der Waals surface area contributed by atoms with Crippen LogP contribution in [0.4, 0.5) is 8.78 Å². The van der Waals surface area contributed by atoms with Crippen LogP contribution in [0.2, 0.25) is 0 Å². The van der Waals surface area contributed by atoms with Crippen molar-refractivity contribution in [3.63, 3.8) is 0 Å². The molecule has 0 aromatic heterocycles. The fourth-order valence-corrected chi connectivity index (χ4v) is 5.03. The number of hydrogen-bond acceptors (Lipinski definition) is 1. The van der Waals surface area contributed by atoms with Crippen LogP contribution in [0.3, 0.4) is 0 Å². The molecule has 0 amide bonds. The molecule has 0 heterocycles. The molecule has 0 bridgehead atoms. The minimum absolute atomic E-state index is 0.0521. The standard InChI is InChI=1S/C30H40F2O/c1-3-5-7-8-9-10-11-23-12-14-24(15-13-23)25-16-18-26(19-17-25)27-20-21-28(30(32)29(27)31)33-22-6-4-2/h4,6,16-21,23-24H,3,5,7-15,22H2,1-2H3/b6-4+. The van der Waals surface area contributed by atoms with Crippen LogP contribution in [-0.2, 0) is 0 Å². The Bertz CT molecular complexity index is 864. The van der Waals surface area contributed by atoms with E-state index < -0.39 is 11.6 Å². The maximum atomic E-state index is 14.7. The minimum Gasteiger partial charge on any atom is -0.486 e. The molecule has 0 saturated heterocycles. The van der Waals surface area contributed by atoms with E-state index in [0.29, 0.717) is 11.5 Å².